The summed E-state index contributed by atoms with van der Waals surface area (Å²) in [6.07, 6.45) is 0. The fourth-order valence-electron chi connectivity index (χ4n) is 3.88. The second kappa shape index (κ2) is 9.04. The van der Waals surface area contributed by atoms with Crippen LogP contribution in [0.4, 0.5) is 5.69 Å². The van der Waals surface area contributed by atoms with E-state index in [1.807, 2.05) is 13.8 Å². The molecule has 1 N–H and O–H groups in total. The number of aliphatic hydroxyl groups is 1. The summed E-state index contributed by atoms with van der Waals surface area (Å²) in [6, 6.07) is 16.7. The van der Waals surface area contributed by atoms with Crippen LogP contribution in [0.5, 0.6) is 5.75 Å². The molecule has 1 atom stereocenters. The molecule has 0 aliphatic carbocycles. The fraction of sp³-hybridized carbons (Fsp3) is 0.154. The van der Waals surface area contributed by atoms with Gasteiger partial charge in [-0.05, 0) is 66.9 Å². The van der Waals surface area contributed by atoms with Crippen molar-refractivity contribution in [3.05, 3.63) is 98.0 Å². The average Bonchev–Trinajstić information content (AvgIpc) is 3.07. The van der Waals surface area contributed by atoms with E-state index in [-0.39, 0.29) is 11.3 Å². The third-order valence-electron chi connectivity index (χ3n) is 5.74. The molecule has 1 aliphatic rings. The second-order valence-corrected chi connectivity index (χ2v) is 9.10. The van der Waals surface area contributed by atoms with E-state index in [4.69, 9.17) is 16.3 Å². The van der Waals surface area contributed by atoms with Crippen LogP contribution in [0.25, 0.3) is 5.76 Å². The van der Waals surface area contributed by atoms with E-state index in [2.05, 4.69) is 15.9 Å². The number of nitrogens with zero attached hydrogens (tertiary/aromatic N) is 1. The molecule has 1 aliphatic heterocycles. The normalized spacial score (nSPS) is 17.5. The zero-order valence-electron chi connectivity index (χ0n) is 18.2. The summed E-state index contributed by atoms with van der Waals surface area (Å²) >= 11 is 9.78. The lowest BCUT2D eigenvalue weighted by Crippen LogP contribution is -2.29. The van der Waals surface area contributed by atoms with E-state index >= 15 is 0 Å². The molecule has 1 unspecified atom stereocenters. The molecule has 0 bridgehead atoms. The largest absolute Gasteiger partial charge is 0.507 e. The summed E-state index contributed by atoms with van der Waals surface area (Å²) in [5.41, 5.74) is 3.34. The van der Waals surface area contributed by atoms with Gasteiger partial charge in [-0.2, -0.15) is 0 Å². The quantitative estimate of drug-likeness (QED) is 0.244. The molecule has 0 saturated carbocycles. The van der Waals surface area contributed by atoms with Gasteiger partial charge in [0.1, 0.15) is 11.5 Å². The number of rotatable bonds is 4. The van der Waals surface area contributed by atoms with Gasteiger partial charge in [-0.15, -0.1) is 0 Å². The van der Waals surface area contributed by atoms with E-state index in [0.717, 1.165) is 15.6 Å². The minimum Gasteiger partial charge on any atom is -0.507 e. The van der Waals surface area contributed by atoms with Crippen molar-refractivity contribution in [2.24, 2.45) is 0 Å². The van der Waals surface area contributed by atoms with Gasteiger partial charge >= 0.3 is 0 Å². The summed E-state index contributed by atoms with van der Waals surface area (Å²) in [7, 11) is 1.56. The second-order valence-electron chi connectivity index (χ2n) is 7.84. The number of ketones is 1. The Morgan fingerprint density at radius 1 is 1.00 bits per heavy atom. The minimum absolute atomic E-state index is 0.0172. The first-order valence-corrected chi connectivity index (χ1v) is 11.4. The lowest BCUT2D eigenvalue weighted by Gasteiger charge is -2.26. The average molecular weight is 527 g/mol. The first kappa shape index (κ1) is 23.1. The molecule has 3 aromatic rings. The highest BCUT2D eigenvalue weighted by Gasteiger charge is 2.47. The molecule has 33 heavy (non-hydrogen) atoms. The van der Waals surface area contributed by atoms with Gasteiger partial charge in [0.05, 0.1) is 18.7 Å². The molecular weight excluding hydrogens is 506 g/mol. The molecule has 1 amide bonds. The molecule has 1 fully saturated rings. The van der Waals surface area contributed by atoms with Crippen LogP contribution in [-0.4, -0.2) is 23.9 Å². The highest BCUT2D eigenvalue weighted by molar-refractivity contribution is 9.10. The standard InChI is InChI=1S/C26H21BrClNO4/c1-14-4-8-18(13-21(14)28)29-23(16-5-9-19(33-3)10-6-16)22(25(31)26(29)32)24(30)17-7-11-20(27)15(2)12-17/h4-13,23,30H,1-3H3/b24-22+. The molecule has 0 spiro atoms. The Balaban J connectivity index is 1.95. The first-order valence-electron chi connectivity index (χ1n) is 10.2. The topological polar surface area (TPSA) is 66.8 Å². The van der Waals surface area contributed by atoms with Crippen molar-refractivity contribution in [2.45, 2.75) is 19.9 Å². The Hall–Kier alpha value is -3.09. The van der Waals surface area contributed by atoms with Gasteiger partial charge in [0.25, 0.3) is 11.7 Å². The Bertz CT molecular complexity index is 1300. The van der Waals surface area contributed by atoms with Crippen molar-refractivity contribution < 1.29 is 19.4 Å². The number of hydrogen-bond donors (Lipinski definition) is 1. The highest BCUT2D eigenvalue weighted by atomic mass is 79.9. The highest BCUT2D eigenvalue weighted by Crippen LogP contribution is 2.43. The third kappa shape index (κ3) is 4.16. The summed E-state index contributed by atoms with van der Waals surface area (Å²) in [4.78, 5) is 27.9. The number of halogens is 2. The smallest absolute Gasteiger partial charge is 0.300 e. The monoisotopic (exact) mass is 525 g/mol. The summed E-state index contributed by atoms with van der Waals surface area (Å²) in [6.45, 7) is 3.74. The first-order chi connectivity index (χ1) is 15.7. The van der Waals surface area contributed by atoms with Gasteiger partial charge in [0, 0.05) is 20.7 Å². The number of hydrogen-bond acceptors (Lipinski definition) is 4. The molecule has 1 saturated heterocycles. The van der Waals surface area contributed by atoms with Crippen molar-refractivity contribution in [3.8, 4) is 5.75 Å². The van der Waals surface area contributed by atoms with Crippen molar-refractivity contribution >= 4 is 50.7 Å². The van der Waals surface area contributed by atoms with Crippen molar-refractivity contribution in [1.29, 1.82) is 0 Å². The molecule has 1 heterocycles. The molecule has 5 nitrogen and oxygen atoms in total. The molecule has 3 aromatic carbocycles. The maximum atomic E-state index is 13.2. The Kier molecular flexibility index (Phi) is 6.32. The summed E-state index contributed by atoms with van der Waals surface area (Å²) < 4.78 is 6.13. The van der Waals surface area contributed by atoms with Gasteiger partial charge in [-0.25, -0.2) is 0 Å². The van der Waals surface area contributed by atoms with Gasteiger partial charge in [0.2, 0.25) is 0 Å². The predicted molar refractivity (Wildman–Crippen MR) is 133 cm³/mol. The number of aryl methyl sites for hydroxylation is 2. The van der Waals surface area contributed by atoms with Crippen LogP contribution in [0.1, 0.15) is 28.3 Å². The Labute approximate surface area is 205 Å². The molecule has 0 aromatic heterocycles. The fourth-order valence-corrected chi connectivity index (χ4v) is 4.30. The number of Topliss-reactive ketones (excluding diaryl/α,β-unsaturated/α-hetero) is 1. The van der Waals surface area contributed by atoms with E-state index in [1.54, 1.807) is 67.8 Å². The molecular formula is C26H21BrClNO4. The Morgan fingerprint density at radius 3 is 2.30 bits per heavy atom. The lowest BCUT2D eigenvalue weighted by molar-refractivity contribution is -0.132. The van der Waals surface area contributed by atoms with Crippen LogP contribution in [0.15, 0.2) is 70.7 Å². The Morgan fingerprint density at radius 2 is 1.70 bits per heavy atom. The molecule has 168 valence electrons. The number of aliphatic hydroxyl groups excluding tert-OH is 1. The third-order valence-corrected chi connectivity index (χ3v) is 7.04. The van der Waals surface area contributed by atoms with Crippen LogP contribution in [-0.2, 0) is 9.59 Å². The molecule has 4 rings (SSSR count). The zero-order chi connectivity index (χ0) is 23.9. The van der Waals surface area contributed by atoms with Crippen molar-refractivity contribution in [1.82, 2.24) is 0 Å². The van der Waals surface area contributed by atoms with Crippen LogP contribution in [0, 0.1) is 13.8 Å². The number of benzene rings is 3. The number of anilines is 1. The van der Waals surface area contributed by atoms with Gasteiger partial charge in [-0.1, -0.05) is 51.8 Å². The number of ether oxygens (including phenoxy) is 1. The number of amides is 1. The number of methoxy groups -OCH3 is 1. The van der Waals surface area contributed by atoms with Crippen molar-refractivity contribution in [2.75, 3.05) is 12.0 Å². The number of carbonyl (C=O) groups is 2. The van der Waals surface area contributed by atoms with Gasteiger partial charge in [0.15, 0.2) is 0 Å². The molecule has 0 radical (unpaired) electrons. The van der Waals surface area contributed by atoms with E-state index in [9.17, 15) is 14.7 Å². The van der Waals surface area contributed by atoms with Crippen LogP contribution in [0.3, 0.4) is 0 Å². The SMILES string of the molecule is COc1ccc(C2/C(=C(\O)c3ccc(Br)c(C)c3)C(=O)C(=O)N2c2ccc(C)c(Cl)c2)cc1. The maximum Gasteiger partial charge on any atom is 0.300 e. The summed E-state index contributed by atoms with van der Waals surface area (Å²) in [5.74, 6) is -1.08. The number of carbonyl (C=O) groups excluding carboxylic acids is 2. The van der Waals surface area contributed by atoms with Gasteiger partial charge in [-0.3, -0.25) is 14.5 Å². The predicted octanol–water partition coefficient (Wildman–Crippen LogP) is 6.35. The van der Waals surface area contributed by atoms with Crippen molar-refractivity contribution in [3.63, 3.8) is 0 Å². The lowest BCUT2D eigenvalue weighted by atomic mass is 9.94. The minimum atomic E-state index is -0.835. The van der Waals surface area contributed by atoms with Gasteiger partial charge < -0.3 is 9.84 Å². The molecule has 7 heteroatoms. The van der Waals surface area contributed by atoms with Crippen LogP contribution < -0.4 is 9.64 Å². The van der Waals surface area contributed by atoms with Crippen LogP contribution >= 0.6 is 27.5 Å². The summed E-state index contributed by atoms with van der Waals surface area (Å²) in [5, 5.41) is 11.7. The zero-order valence-corrected chi connectivity index (χ0v) is 20.6. The van der Waals surface area contributed by atoms with E-state index < -0.39 is 17.7 Å². The van der Waals surface area contributed by atoms with E-state index in [1.165, 1.54) is 4.90 Å². The van der Waals surface area contributed by atoms with Crippen LogP contribution in [0.2, 0.25) is 5.02 Å². The van der Waals surface area contributed by atoms with E-state index in [0.29, 0.717) is 27.6 Å². The maximum absolute atomic E-state index is 13.2.